The summed E-state index contributed by atoms with van der Waals surface area (Å²) < 4.78 is 7.69. The summed E-state index contributed by atoms with van der Waals surface area (Å²) in [5.41, 5.74) is 7.94. The molecule has 21 heavy (non-hydrogen) atoms. The van der Waals surface area contributed by atoms with Crippen molar-refractivity contribution in [3.63, 3.8) is 0 Å². The molecule has 3 aromatic rings. The van der Waals surface area contributed by atoms with Crippen LogP contribution in [0.2, 0.25) is 5.02 Å². The predicted molar refractivity (Wildman–Crippen MR) is 85.7 cm³/mol. The van der Waals surface area contributed by atoms with Crippen LogP contribution in [0.5, 0.6) is 5.75 Å². The van der Waals surface area contributed by atoms with E-state index in [0.717, 1.165) is 29.7 Å². The number of aryl methyl sites for hydroxylation is 1. The number of nitrogen functional groups attached to an aromatic ring is 1. The van der Waals surface area contributed by atoms with Gasteiger partial charge in [0.25, 0.3) is 0 Å². The van der Waals surface area contributed by atoms with E-state index in [9.17, 15) is 0 Å². The van der Waals surface area contributed by atoms with Crippen LogP contribution < -0.4 is 10.5 Å². The van der Waals surface area contributed by atoms with Crippen molar-refractivity contribution in [1.82, 2.24) is 9.55 Å². The summed E-state index contributed by atoms with van der Waals surface area (Å²) in [5.74, 6) is 1.37. The second kappa shape index (κ2) is 6.06. The maximum Gasteiger partial charge on any atom is 0.201 e. The van der Waals surface area contributed by atoms with Gasteiger partial charge in [-0.25, -0.2) is 4.98 Å². The molecule has 0 unspecified atom stereocenters. The van der Waals surface area contributed by atoms with E-state index in [0.29, 0.717) is 17.6 Å². The Bertz CT molecular complexity index is 737. The average Bonchev–Trinajstić information content (AvgIpc) is 2.81. The SMILES string of the molecule is Nc1nc2ccccc2n1CCCOc1ccc(Cl)cc1. The summed E-state index contributed by atoms with van der Waals surface area (Å²) >= 11 is 5.83. The Kier molecular flexibility index (Phi) is 3.97. The van der Waals surface area contributed by atoms with Crippen LogP contribution in [0, 0.1) is 0 Å². The minimum Gasteiger partial charge on any atom is -0.494 e. The molecule has 0 fully saturated rings. The van der Waals surface area contributed by atoms with E-state index in [1.54, 1.807) is 0 Å². The number of para-hydroxylation sites is 2. The Morgan fingerprint density at radius 2 is 1.86 bits per heavy atom. The van der Waals surface area contributed by atoms with Gasteiger partial charge in [-0.15, -0.1) is 0 Å². The van der Waals surface area contributed by atoms with Crippen molar-refractivity contribution in [2.75, 3.05) is 12.3 Å². The summed E-state index contributed by atoms with van der Waals surface area (Å²) in [5, 5.41) is 0.708. The summed E-state index contributed by atoms with van der Waals surface area (Å²) in [4.78, 5) is 4.34. The first-order chi connectivity index (χ1) is 10.2. The zero-order valence-corrected chi connectivity index (χ0v) is 12.3. The van der Waals surface area contributed by atoms with E-state index in [4.69, 9.17) is 22.1 Å². The molecule has 1 aromatic heterocycles. The number of aromatic nitrogens is 2. The molecule has 0 aliphatic rings. The highest BCUT2D eigenvalue weighted by atomic mass is 35.5. The summed E-state index contributed by atoms with van der Waals surface area (Å²) in [6.07, 6.45) is 0.854. The van der Waals surface area contributed by atoms with E-state index in [1.807, 2.05) is 53.1 Å². The lowest BCUT2D eigenvalue weighted by Gasteiger charge is -2.08. The highest BCUT2D eigenvalue weighted by molar-refractivity contribution is 6.30. The predicted octanol–water partition coefficient (Wildman–Crippen LogP) is 3.74. The quantitative estimate of drug-likeness (QED) is 0.730. The normalized spacial score (nSPS) is 10.9. The van der Waals surface area contributed by atoms with Crippen LogP contribution in [0.15, 0.2) is 48.5 Å². The van der Waals surface area contributed by atoms with Gasteiger partial charge < -0.3 is 15.0 Å². The van der Waals surface area contributed by atoms with Gasteiger partial charge in [0.15, 0.2) is 0 Å². The molecule has 0 radical (unpaired) electrons. The molecule has 0 saturated carbocycles. The van der Waals surface area contributed by atoms with Crippen molar-refractivity contribution in [3.05, 3.63) is 53.6 Å². The first-order valence-electron chi connectivity index (χ1n) is 6.83. The number of fused-ring (bicyclic) bond motifs is 1. The number of rotatable bonds is 5. The van der Waals surface area contributed by atoms with Crippen LogP contribution in [0.4, 0.5) is 5.95 Å². The monoisotopic (exact) mass is 301 g/mol. The first-order valence-corrected chi connectivity index (χ1v) is 7.21. The summed E-state index contributed by atoms with van der Waals surface area (Å²) in [6.45, 7) is 1.40. The highest BCUT2D eigenvalue weighted by Crippen LogP contribution is 2.18. The molecule has 0 aliphatic heterocycles. The molecule has 5 heteroatoms. The maximum absolute atomic E-state index is 5.96. The maximum atomic E-state index is 5.96. The summed E-state index contributed by atoms with van der Waals surface area (Å²) in [7, 11) is 0. The van der Waals surface area contributed by atoms with Crippen molar-refractivity contribution in [2.24, 2.45) is 0 Å². The van der Waals surface area contributed by atoms with Crippen LogP contribution in [0.25, 0.3) is 11.0 Å². The van der Waals surface area contributed by atoms with Gasteiger partial charge in [-0.2, -0.15) is 0 Å². The van der Waals surface area contributed by atoms with Gasteiger partial charge in [0.2, 0.25) is 5.95 Å². The fourth-order valence-electron chi connectivity index (χ4n) is 2.27. The molecule has 0 atom stereocenters. The lowest BCUT2D eigenvalue weighted by molar-refractivity contribution is 0.303. The molecule has 2 N–H and O–H groups in total. The molecule has 0 amide bonds. The number of nitrogens with zero attached hydrogens (tertiary/aromatic N) is 2. The average molecular weight is 302 g/mol. The molecule has 0 bridgehead atoms. The third-order valence-corrected chi connectivity index (χ3v) is 3.54. The Hall–Kier alpha value is -2.20. The van der Waals surface area contributed by atoms with Crippen molar-refractivity contribution < 1.29 is 4.74 Å². The molecule has 0 saturated heterocycles. The van der Waals surface area contributed by atoms with Crippen LogP contribution in [0.3, 0.4) is 0 Å². The highest BCUT2D eigenvalue weighted by Gasteiger charge is 2.06. The molecule has 1 heterocycles. The molecule has 2 aromatic carbocycles. The lowest BCUT2D eigenvalue weighted by atomic mass is 10.3. The second-order valence-corrected chi connectivity index (χ2v) is 5.20. The molecular formula is C16H16ClN3O. The molecule has 0 aliphatic carbocycles. The van der Waals surface area contributed by atoms with Gasteiger partial charge in [0.1, 0.15) is 5.75 Å². The van der Waals surface area contributed by atoms with Gasteiger partial charge in [-0.05, 0) is 42.8 Å². The molecule has 0 spiro atoms. The minimum absolute atomic E-state index is 0.544. The zero-order valence-electron chi connectivity index (χ0n) is 11.5. The van der Waals surface area contributed by atoms with Gasteiger partial charge >= 0.3 is 0 Å². The van der Waals surface area contributed by atoms with Crippen molar-refractivity contribution in [2.45, 2.75) is 13.0 Å². The van der Waals surface area contributed by atoms with Gasteiger partial charge in [0, 0.05) is 11.6 Å². The Morgan fingerprint density at radius 3 is 2.67 bits per heavy atom. The third kappa shape index (κ3) is 3.11. The summed E-state index contributed by atoms with van der Waals surface area (Å²) in [6, 6.07) is 15.3. The number of hydrogen-bond acceptors (Lipinski definition) is 3. The molecular weight excluding hydrogens is 286 g/mol. The fourth-order valence-corrected chi connectivity index (χ4v) is 2.40. The minimum atomic E-state index is 0.544. The van der Waals surface area contributed by atoms with Crippen LogP contribution in [-0.2, 0) is 6.54 Å². The number of imidazole rings is 1. The molecule has 4 nitrogen and oxygen atoms in total. The fraction of sp³-hybridized carbons (Fsp3) is 0.188. The van der Waals surface area contributed by atoms with Crippen LogP contribution in [0.1, 0.15) is 6.42 Å². The van der Waals surface area contributed by atoms with Gasteiger partial charge in [0.05, 0.1) is 17.6 Å². The number of nitrogens with two attached hydrogens (primary N) is 1. The second-order valence-electron chi connectivity index (χ2n) is 4.77. The van der Waals surface area contributed by atoms with Crippen LogP contribution in [-0.4, -0.2) is 16.2 Å². The van der Waals surface area contributed by atoms with E-state index >= 15 is 0 Å². The van der Waals surface area contributed by atoms with Crippen LogP contribution >= 0.6 is 11.6 Å². The Morgan fingerprint density at radius 1 is 1.10 bits per heavy atom. The first kappa shape index (κ1) is 13.8. The van der Waals surface area contributed by atoms with E-state index in [2.05, 4.69) is 4.98 Å². The van der Waals surface area contributed by atoms with E-state index < -0.39 is 0 Å². The Labute approximate surface area is 128 Å². The van der Waals surface area contributed by atoms with Gasteiger partial charge in [-0.1, -0.05) is 23.7 Å². The number of ether oxygens (including phenoxy) is 1. The molecule has 108 valence electrons. The molecule has 3 rings (SSSR count). The number of halogens is 1. The van der Waals surface area contributed by atoms with Crippen molar-refractivity contribution in [3.8, 4) is 5.75 Å². The smallest absolute Gasteiger partial charge is 0.201 e. The van der Waals surface area contributed by atoms with Crippen molar-refractivity contribution in [1.29, 1.82) is 0 Å². The van der Waals surface area contributed by atoms with Gasteiger partial charge in [-0.3, -0.25) is 0 Å². The van der Waals surface area contributed by atoms with Crippen molar-refractivity contribution >= 4 is 28.6 Å². The zero-order chi connectivity index (χ0) is 14.7. The number of anilines is 1. The number of hydrogen-bond donors (Lipinski definition) is 1. The largest absolute Gasteiger partial charge is 0.494 e. The lowest BCUT2D eigenvalue weighted by Crippen LogP contribution is -2.07. The third-order valence-electron chi connectivity index (χ3n) is 3.29. The standard InChI is InChI=1S/C16H16ClN3O/c17-12-6-8-13(9-7-12)21-11-3-10-20-15-5-2-1-4-14(15)19-16(20)18/h1-2,4-9H,3,10-11H2,(H2,18,19). The van der Waals surface area contributed by atoms with E-state index in [1.165, 1.54) is 0 Å². The number of benzene rings is 2. The van der Waals surface area contributed by atoms with E-state index in [-0.39, 0.29) is 0 Å². The topological polar surface area (TPSA) is 53.1 Å². The Balaban J connectivity index is 1.59.